The third kappa shape index (κ3) is 3.88. The molecule has 7 heteroatoms. The highest BCUT2D eigenvalue weighted by molar-refractivity contribution is 7.90. The second-order valence-electron chi connectivity index (χ2n) is 3.54. The molecule has 0 unspecified atom stereocenters. The van der Waals surface area contributed by atoms with Crippen molar-refractivity contribution >= 4 is 27.5 Å². The number of phenols is 1. The third-order valence-corrected chi connectivity index (χ3v) is 3.10. The van der Waals surface area contributed by atoms with Gasteiger partial charge in [-0.2, -0.15) is 13.1 Å². The van der Waals surface area contributed by atoms with Gasteiger partial charge in [0.15, 0.2) is 0 Å². The maximum Gasteiger partial charge on any atom is 0.299 e. The van der Waals surface area contributed by atoms with E-state index in [1.54, 1.807) is 13.8 Å². The van der Waals surface area contributed by atoms with Crippen molar-refractivity contribution in [3.8, 4) is 5.75 Å². The standard InChI is InChI=1S/C9H13ClN2O3S/c1-6(2)11-16(14,15)12-8-5-7(10)3-4-9(8)13/h3-6,11-13H,1-2H3. The van der Waals surface area contributed by atoms with Crippen molar-refractivity contribution in [3.63, 3.8) is 0 Å². The Hall–Kier alpha value is -0.980. The molecule has 5 nitrogen and oxygen atoms in total. The van der Waals surface area contributed by atoms with Crippen molar-refractivity contribution in [2.45, 2.75) is 19.9 Å². The number of aromatic hydroxyl groups is 1. The summed E-state index contributed by atoms with van der Waals surface area (Å²) in [6, 6.07) is 3.87. The largest absolute Gasteiger partial charge is 0.506 e. The number of halogens is 1. The molecule has 0 radical (unpaired) electrons. The van der Waals surface area contributed by atoms with Crippen LogP contribution in [0.1, 0.15) is 13.8 Å². The van der Waals surface area contributed by atoms with E-state index in [-0.39, 0.29) is 17.5 Å². The molecule has 0 aliphatic heterocycles. The monoisotopic (exact) mass is 264 g/mol. The molecule has 0 bridgehead atoms. The predicted octanol–water partition coefficient (Wildman–Crippen LogP) is 1.70. The fourth-order valence-corrected chi connectivity index (χ4v) is 2.38. The van der Waals surface area contributed by atoms with Gasteiger partial charge in [0, 0.05) is 11.1 Å². The number of hydrogen-bond acceptors (Lipinski definition) is 3. The SMILES string of the molecule is CC(C)NS(=O)(=O)Nc1cc(Cl)ccc1O. The zero-order valence-corrected chi connectivity index (χ0v) is 10.4. The molecule has 0 heterocycles. The third-order valence-electron chi connectivity index (χ3n) is 1.59. The summed E-state index contributed by atoms with van der Waals surface area (Å²) in [5.41, 5.74) is 0.0423. The lowest BCUT2D eigenvalue weighted by Crippen LogP contribution is -2.35. The highest BCUT2D eigenvalue weighted by Crippen LogP contribution is 2.27. The van der Waals surface area contributed by atoms with Gasteiger partial charge in [0.1, 0.15) is 5.75 Å². The molecule has 3 N–H and O–H groups in total. The van der Waals surface area contributed by atoms with Crippen LogP contribution in [0.2, 0.25) is 5.02 Å². The van der Waals surface area contributed by atoms with Crippen LogP contribution in [0.15, 0.2) is 18.2 Å². The van der Waals surface area contributed by atoms with Crippen molar-refractivity contribution in [3.05, 3.63) is 23.2 Å². The Labute approximate surface area is 99.6 Å². The van der Waals surface area contributed by atoms with Gasteiger partial charge < -0.3 is 5.11 Å². The first-order valence-electron chi connectivity index (χ1n) is 4.59. The minimum atomic E-state index is -3.69. The summed E-state index contributed by atoms with van der Waals surface area (Å²) < 4.78 is 27.5. The molecule has 0 aliphatic carbocycles. The van der Waals surface area contributed by atoms with E-state index in [9.17, 15) is 13.5 Å². The fourth-order valence-electron chi connectivity index (χ4n) is 1.07. The Bertz CT molecular complexity index is 474. The average molecular weight is 265 g/mol. The maximum atomic E-state index is 11.5. The summed E-state index contributed by atoms with van der Waals surface area (Å²) in [4.78, 5) is 0. The lowest BCUT2D eigenvalue weighted by molar-refractivity contribution is 0.477. The highest BCUT2D eigenvalue weighted by Gasteiger charge is 2.13. The first-order chi connectivity index (χ1) is 7.30. The van der Waals surface area contributed by atoms with Crippen molar-refractivity contribution in [2.75, 3.05) is 4.72 Å². The highest BCUT2D eigenvalue weighted by atomic mass is 35.5. The lowest BCUT2D eigenvalue weighted by Gasteiger charge is -2.12. The van der Waals surface area contributed by atoms with Crippen LogP contribution in [-0.2, 0) is 10.2 Å². The molecule has 0 atom stereocenters. The first kappa shape index (κ1) is 13.1. The molecule has 0 spiro atoms. The number of benzene rings is 1. The Kier molecular flexibility index (Phi) is 4.01. The number of phenolic OH excluding ortho intramolecular Hbond substituents is 1. The minimum absolute atomic E-state index is 0.0423. The molecule has 0 saturated heterocycles. The molecule has 1 rings (SSSR count). The molecule has 0 aliphatic rings. The van der Waals surface area contributed by atoms with E-state index in [0.717, 1.165) is 0 Å². The quantitative estimate of drug-likeness (QED) is 0.725. The zero-order chi connectivity index (χ0) is 12.3. The van der Waals surface area contributed by atoms with E-state index in [0.29, 0.717) is 5.02 Å². The number of nitrogens with one attached hydrogen (secondary N) is 2. The van der Waals surface area contributed by atoms with E-state index in [1.807, 2.05) is 0 Å². The van der Waals surface area contributed by atoms with Crippen LogP contribution in [0.25, 0.3) is 0 Å². The van der Waals surface area contributed by atoms with Gasteiger partial charge in [0.25, 0.3) is 10.2 Å². The van der Waals surface area contributed by atoms with Crippen LogP contribution in [0, 0.1) is 0 Å². The average Bonchev–Trinajstić information content (AvgIpc) is 2.08. The van der Waals surface area contributed by atoms with Crippen molar-refractivity contribution in [1.82, 2.24) is 4.72 Å². The Morgan fingerprint density at radius 2 is 2.00 bits per heavy atom. The first-order valence-corrected chi connectivity index (χ1v) is 6.45. The summed E-state index contributed by atoms with van der Waals surface area (Å²) in [5, 5.41) is 9.75. The normalized spacial score (nSPS) is 11.8. The van der Waals surface area contributed by atoms with Gasteiger partial charge in [0.2, 0.25) is 0 Å². The Balaban J connectivity index is 2.92. The summed E-state index contributed by atoms with van der Waals surface area (Å²) in [5.74, 6) is -0.182. The van der Waals surface area contributed by atoms with Gasteiger partial charge in [-0.25, -0.2) is 0 Å². The summed E-state index contributed by atoms with van der Waals surface area (Å²) in [6.45, 7) is 3.38. The molecule has 1 aromatic rings. The van der Waals surface area contributed by atoms with Crippen LogP contribution >= 0.6 is 11.6 Å². The molecule has 0 saturated carbocycles. The van der Waals surface area contributed by atoms with Crippen LogP contribution in [-0.4, -0.2) is 19.6 Å². The molecular weight excluding hydrogens is 252 g/mol. The van der Waals surface area contributed by atoms with Crippen LogP contribution in [0.3, 0.4) is 0 Å². The molecule has 0 fully saturated rings. The Morgan fingerprint density at radius 3 is 2.56 bits per heavy atom. The second kappa shape index (κ2) is 4.90. The fraction of sp³-hybridized carbons (Fsp3) is 0.333. The number of anilines is 1. The predicted molar refractivity (Wildman–Crippen MR) is 63.9 cm³/mol. The van der Waals surface area contributed by atoms with Crippen molar-refractivity contribution in [2.24, 2.45) is 0 Å². The minimum Gasteiger partial charge on any atom is -0.506 e. The van der Waals surface area contributed by atoms with Crippen LogP contribution in [0.5, 0.6) is 5.75 Å². The maximum absolute atomic E-state index is 11.5. The van der Waals surface area contributed by atoms with Gasteiger partial charge in [-0.3, -0.25) is 4.72 Å². The van der Waals surface area contributed by atoms with Crippen molar-refractivity contribution < 1.29 is 13.5 Å². The molecule has 16 heavy (non-hydrogen) atoms. The van der Waals surface area contributed by atoms with Crippen molar-refractivity contribution in [1.29, 1.82) is 0 Å². The smallest absolute Gasteiger partial charge is 0.299 e. The molecule has 1 aromatic carbocycles. The molecular formula is C9H13ClN2O3S. The zero-order valence-electron chi connectivity index (χ0n) is 8.86. The molecule has 0 aromatic heterocycles. The topological polar surface area (TPSA) is 78.4 Å². The van der Waals surface area contributed by atoms with Crippen LogP contribution < -0.4 is 9.44 Å². The summed E-state index contributed by atoms with van der Waals surface area (Å²) in [6.07, 6.45) is 0. The second-order valence-corrected chi connectivity index (χ2v) is 5.42. The molecule has 90 valence electrons. The molecule has 0 amide bonds. The van der Waals surface area contributed by atoms with Gasteiger partial charge in [-0.1, -0.05) is 11.6 Å². The van der Waals surface area contributed by atoms with Gasteiger partial charge in [0.05, 0.1) is 5.69 Å². The van der Waals surface area contributed by atoms with E-state index in [1.165, 1.54) is 18.2 Å². The summed E-state index contributed by atoms with van der Waals surface area (Å²) >= 11 is 5.69. The van der Waals surface area contributed by atoms with Crippen LogP contribution in [0.4, 0.5) is 5.69 Å². The van der Waals surface area contributed by atoms with E-state index < -0.39 is 10.2 Å². The van der Waals surface area contributed by atoms with Gasteiger partial charge in [-0.05, 0) is 32.0 Å². The Morgan fingerprint density at radius 1 is 1.38 bits per heavy atom. The summed E-state index contributed by atoms with van der Waals surface area (Å²) in [7, 11) is -3.69. The number of rotatable bonds is 4. The van der Waals surface area contributed by atoms with Gasteiger partial charge >= 0.3 is 0 Å². The van der Waals surface area contributed by atoms with E-state index in [2.05, 4.69) is 9.44 Å². The van der Waals surface area contributed by atoms with E-state index >= 15 is 0 Å². The van der Waals surface area contributed by atoms with Gasteiger partial charge in [-0.15, -0.1) is 0 Å². The van der Waals surface area contributed by atoms with E-state index in [4.69, 9.17) is 11.6 Å². The number of hydrogen-bond donors (Lipinski definition) is 3. The lowest BCUT2D eigenvalue weighted by atomic mass is 10.3.